The summed E-state index contributed by atoms with van der Waals surface area (Å²) in [6.07, 6.45) is 0.682. The van der Waals surface area contributed by atoms with Gasteiger partial charge in [-0.2, -0.15) is 0 Å². The number of ether oxygens (including phenoxy) is 1. The Morgan fingerprint density at radius 1 is 1.21 bits per heavy atom. The summed E-state index contributed by atoms with van der Waals surface area (Å²) < 4.78 is 30.8. The number of benzene rings is 1. The number of anilines is 1. The normalized spacial score (nSPS) is 11.2. The summed E-state index contributed by atoms with van der Waals surface area (Å²) in [6, 6.07) is 7.60. The van der Waals surface area contributed by atoms with E-state index in [1.165, 1.54) is 39.4 Å². The van der Waals surface area contributed by atoms with Gasteiger partial charge in [0, 0.05) is 25.5 Å². The van der Waals surface area contributed by atoms with Gasteiger partial charge in [-0.3, -0.25) is 10.1 Å². The highest BCUT2D eigenvalue weighted by atomic mass is 32.2. The van der Waals surface area contributed by atoms with Crippen molar-refractivity contribution in [1.29, 1.82) is 0 Å². The maximum atomic E-state index is 12.3. The molecule has 0 aliphatic carbocycles. The molecule has 0 unspecified atom stereocenters. The second kappa shape index (κ2) is 10.2. The summed E-state index contributed by atoms with van der Waals surface area (Å²) in [5.41, 5.74) is 0.323. The SMILES string of the molecule is COc1ccc(S(=O)(=O)N(C)C)cc1NCC(=O)NC(=O)NCCc1cccs1. The van der Waals surface area contributed by atoms with E-state index in [0.29, 0.717) is 24.4 Å². The molecule has 0 atom stereocenters. The lowest BCUT2D eigenvalue weighted by Crippen LogP contribution is -2.42. The fourth-order valence-electron chi connectivity index (χ4n) is 2.34. The first-order chi connectivity index (χ1) is 13.7. The third-order valence-electron chi connectivity index (χ3n) is 3.88. The van der Waals surface area contributed by atoms with E-state index < -0.39 is 22.0 Å². The summed E-state index contributed by atoms with van der Waals surface area (Å²) >= 11 is 1.60. The summed E-state index contributed by atoms with van der Waals surface area (Å²) in [5, 5.41) is 9.58. The number of thiophene rings is 1. The highest BCUT2D eigenvalue weighted by Gasteiger charge is 2.19. The summed E-state index contributed by atoms with van der Waals surface area (Å²) in [5.74, 6) is -0.197. The van der Waals surface area contributed by atoms with E-state index in [1.54, 1.807) is 11.3 Å². The quantitative estimate of drug-likeness (QED) is 0.544. The lowest BCUT2D eigenvalue weighted by atomic mass is 10.3. The maximum absolute atomic E-state index is 12.3. The first-order valence-corrected chi connectivity index (χ1v) is 11.0. The van der Waals surface area contributed by atoms with Gasteiger partial charge >= 0.3 is 6.03 Å². The molecule has 0 aliphatic heterocycles. The molecule has 1 aromatic carbocycles. The molecule has 1 aromatic heterocycles. The van der Waals surface area contributed by atoms with Crippen LogP contribution in [0, 0.1) is 0 Å². The van der Waals surface area contributed by atoms with Crippen LogP contribution in [0.1, 0.15) is 4.88 Å². The van der Waals surface area contributed by atoms with E-state index in [4.69, 9.17) is 4.74 Å². The fourth-order valence-corrected chi connectivity index (χ4v) is 3.98. The molecule has 0 aliphatic rings. The van der Waals surface area contributed by atoms with Crippen molar-refractivity contribution >= 4 is 39.0 Å². The Balaban J connectivity index is 1.90. The van der Waals surface area contributed by atoms with E-state index in [1.807, 2.05) is 17.5 Å². The minimum Gasteiger partial charge on any atom is -0.495 e. The van der Waals surface area contributed by atoms with Crippen molar-refractivity contribution in [2.45, 2.75) is 11.3 Å². The minimum absolute atomic E-state index is 0.0533. The van der Waals surface area contributed by atoms with E-state index in [9.17, 15) is 18.0 Å². The first-order valence-electron chi connectivity index (χ1n) is 8.68. The number of carbonyl (C=O) groups is 2. The molecule has 1 heterocycles. The lowest BCUT2D eigenvalue weighted by Gasteiger charge is -2.15. The highest BCUT2D eigenvalue weighted by molar-refractivity contribution is 7.89. The van der Waals surface area contributed by atoms with Gasteiger partial charge in [-0.1, -0.05) is 6.07 Å². The Hall–Kier alpha value is -2.63. The molecular formula is C18H24N4O5S2. The molecule has 0 saturated heterocycles. The van der Waals surface area contributed by atoms with Gasteiger partial charge in [-0.15, -0.1) is 11.3 Å². The zero-order chi connectivity index (χ0) is 21.4. The van der Waals surface area contributed by atoms with Crippen molar-refractivity contribution in [2.75, 3.05) is 39.6 Å². The lowest BCUT2D eigenvalue weighted by molar-refractivity contribution is -0.118. The molecule has 158 valence electrons. The van der Waals surface area contributed by atoms with Crippen LogP contribution in [0.3, 0.4) is 0 Å². The smallest absolute Gasteiger partial charge is 0.321 e. The Morgan fingerprint density at radius 3 is 2.59 bits per heavy atom. The standard InChI is InChI=1S/C18H24N4O5S2/c1-22(2)29(25,26)14-6-7-16(27-3)15(11-14)20-12-17(23)21-18(24)19-9-8-13-5-4-10-28-13/h4-7,10-11,20H,8-9,12H2,1-3H3,(H2,19,21,23,24). The van der Waals surface area contributed by atoms with Gasteiger partial charge in [0.25, 0.3) is 0 Å². The Morgan fingerprint density at radius 2 is 1.97 bits per heavy atom. The van der Waals surface area contributed by atoms with Crippen molar-refractivity contribution in [3.05, 3.63) is 40.6 Å². The molecule has 0 radical (unpaired) electrons. The first kappa shape index (κ1) is 22.7. The molecule has 11 heteroatoms. The number of urea groups is 1. The van der Waals surface area contributed by atoms with Gasteiger partial charge in [0.2, 0.25) is 15.9 Å². The summed E-state index contributed by atoms with van der Waals surface area (Å²) in [7, 11) is 0.651. The Bertz CT molecular complexity index is 943. The second-order valence-corrected chi connectivity index (χ2v) is 9.32. The third-order valence-corrected chi connectivity index (χ3v) is 6.63. The van der Waals surface area contributed by atoms with Gasteiger partial charge in [-0.05, 0) is 36.1 Å². The van der Waals surface area contributed by atoms with Crippen molar-refractivity contribution in [3.8, 4) is 5.75 Å². The number of hydrogen-bond acceptors (Lipinski definition) is 7. The second-order valence-electron chi connectivity index (χ2n) is 6.14. The number of imide groups is 1. The molecule has 3 N–H and O–H groups in total. The number of sulfonamides is 1. The van der Waals surface area contributed by atoms with Crippen molar-refractivity contribution in [1.82, 2.24) is 14.9 Å². The molecule has 2 aromatic rings. The van der Waals surface area contributed by atoms with Crippen LogP contribution in [0.2, 0.25) is 0 Å². The van der Waals surface area contributed by atoms with Gasteiger partial charge in [0.1, 0.15) is 5.75 Å². The number of amides is 3. The molecule has 2 rings (SSSR count). The predicted octanol–water partition coefficient (Wildman–Crippen LogP) is 1.49. The summed E-state index contributed by atoms with van der Waals surface area (Å²) in [6.45, 7) is 0.172. The van der Waals surface area contributed by atoms with E-state index in [2.05, 4.69) is 16.0 Å². The molecule has 3 amide bonds. The monoisotopic (exact) mass is 440 g/mol. The van der Waals surface area contributed by atoms with E-state index in [-0.39, 0.29) is 11.4 Å². The van der Waals surface area contributed by atoms with E-state index >= 15 is 0 Å². The number of nitrogens with one attached hydrogen (secondary N) is 3. The molecule has 0 bridgehead atoms. The average molecular weight is 441 g/mol. The summed E-state index contributed by atoms with van der Waals surface area (Å²) in [4.78, 5) is 25.0. The van der Waals surface area contributed by atoms with Crippen LogP contribution in [-0.2, 0) is 21.2 Å². The zero-order valence-electron chi connectivity index (χ0n) is 16.4. The maximum Gasteiger partial charge on any atom is 0.321 e. The van der Waals surface area contributed by atoms with E-state index in [0.717, 1.165) is 9.18 Å². The van der Waals surface area contributed by atoms with Crippen LogP contribution in [0.15, 0.2) is 40.6 Å². The Labute approximate surface area is 174 Å². The molecular weight excluding hydrogens is 416 g/mol. The highest BCUT2D eigenvalue weighted by Crippen LogP contribution is 2.28. The fraction of sp³-hybridized carbons (Fsp3) is 0.333. The van der Waals surface area contributed by atoms with Crippen LogP contribution in [0.4, 0.5) is 10.5 Å². The van der Waals surface area contributed by atoms with Crippen LogP contribution >= 0.6 is 11.3 Å². The largest absolute Gasteiger partial charge is 0.495 e. The molecule has 0 saturated carbocycles. The van der Waals surface area contributed by atoms with Gasteiger partial charge < -0.3 is 15.4 Å². The number of carbonyl (C=O) groups excluding carboxylic acids is 2. The van der Waals surface area contributed by atoms with Crippen molar-refractivity contribution in [3.63, 3.8) is 0 Å². The van der Waals surface area contributed by atoms with Crippen LogP contribution in [0.5, 0.6) is 5.75 Å². The molecule has 29 heavy (non-hydrogen) atoms. The third kappa shape index (κ3) is 6.44. The van der Waals surface area contributed by atoms with Gasteiger partial charge in [0.15, 0.2) is 0 Å². The van der Waals surface area contributed by atoms with Crippen LogP contribution < -0.4 is 20.7 Å². The van der Waals surface area contributed by atoms with Gasteiger partial charge in [0.05, 0.1) is 24.2 Å². The minimum atomic E-state index is -3.64. The Kier molecular flexibility index (Phi) is 8.00. The topological polar surface area (TPSA) is 117 Å². The van der Waals surface area contributed by atoms with Crippen molar-refractivity contribution < 1.29 is 22.7 Å². The predicted molar refractivity (Wildman–Crippen MR) is 112 cm³/mol. The molecule has 0 spiro atoms. The van der Waals surface area contributed by atoms with Crippen LogP contribution in [-0.4, -0.2) is 59.0 Å². The van der Waals surface area contributed by atoms with Crippen molar-refractivity contribution in [2.24, 2.45) is 0 Å². The number of nitrogens with zero attached hydrogens (tertiary/aromatic N) is 1. The number of hydrogen-bond donors (Lipinski definition) is 3. The average Bonchev–Trinajstić information content (AvgIpc) is 3.19. The van der Waals surface area contributed by atoms with Gasteiger partial charge in [-0.25, -0.2) is 17.5 Å². The number of methoxy groups -OCH3 is 1. The van der Waals surface area contributed by atoms with Crippen LogP contribution in [0.25, 0.3) is 0 Å². The zero-order valence-corrected chi connectivity index (χ0v) is 18.0. The number of rotatable bonds is 9. The molecule has 9 nitrogen and oxygen atoms in total. The molecule has 0 fully saturated rings.